The van der Waals surface area contributed by atoms with Gasteiger partial charge in [0.25, 0.3) is 5.56 Å². The molecule has 1 aliphatic heterocycles. The molecular formula is C26H36N3O7PS. The number of ether oxygens (including phenoxy) is 2. The Bertz CT molecular complexity index is 1320. The van der Waals surface area contributed by atoms with Crippen molar-refractivity contribution in [2.75, 3.05) is 13.2 Å². The summed E-state index contributed by atoms with van der Waals surface area (Å²) in [6.07, 6.45) is 1.03. The Hall–Kier alpha value is -2.56. The number of H-pyrrole nitrogens is 1. The van der Waals surface area contributed by atoms with Crippen molar-refractivity contribution >= 4 is 35.9 Å². The molecule has 0 amide bonds. The van der Waals surface area contributed by atoms with Crippen LogP contribution in [0.2, 0.25) is 0 Å². The van der Waals surface area contributed by atoms with Crippen molar-refractivity contribution in [3.05, 3.63) is 62.2 Å². The largest absolute Gasteiger partial charge is 0.462 e. The van der Waals surface area contributed by atoms with Crippen molar-refractivity contribution in [2.24, 2.45) is 5.92 Å². The van der Waals surface area contributed by atoms with Crippen LogP contribution in [0.15, 0.2) is 45.4 Å². The van der Waals surface area contributed by atoms with Gasteiger partial charge in [0.2, 0.25) is 0 Å². The first-order valence-corrected chi connectivity index (χ1v) is 14.7. The molecule has 208 valence electrons. The van der Waals surface area contributed by atoms with Gasteiger partial charge in [-0.25, -0.2) is 9.88 Å². The Labute approximate surface area is 227 Å². The number of thiophene rings is 1. The molecule has 3 heterocycles. The number of rotatable bonds is 10. The highest BCUT2D eigenvalue weighted by molar-refractivity contribution is 7.45. The van der Waals surface area contributed by atoms with Crippen LogP contribution in [0.4, 0.5) is 0 Å². The summed E-state index contributed by atoms with van der Waals surface area (Å²) in [6, 6.07) is 7.12. The second-order valence-corrected chi connectivity index (χ2v) is 11.1. The fourth-order valence-electron chi connectivity index (χ4n) is 4.06. The maximum atomic E-state index is 12.2. The molecule has 38 heavy (non-hydrogen) atoms. The number of aryl methyl sites for hydroxylation is 1. The molecule has 0 bridgehead atoms. The highest BCUT2D eigenvalue weighted by atomic mass is 32.1. The lowest BCUT2D eigenvalue weighted by atomic mass is 10.1. The molecule has 1 fully saturated rings. The topological polar surface area (TPSA) is 121 Å². The lowest BCUT2D eigenvalue weighted by molar-refractivity contribution is -0.145. The first kappa shape index (κ1) is 30.0. The second-order valence-electron chi connectivity index (χ2n) is 8.94. The third-order valence-electron chi connectivity index (χ3n) is 5.60. The molecule has 4 atom stereocenters. The van der Waals surface area contributed by atoms with Gasteiger partial charge in [0.15, 0.2) is 0 Å². The number of carbonyl (C=O) groups excluding carboxylic acids is 1. The van der Waals surface area contributed by atoms with Gasteiger partial charge >= 0.3 is 20.2 Å². The summed E-state index contributed by atoms with van der Waals surface area (Å²) in [6.45, 7) is 11.7. The molecule has 3 aromatic rings. The number of carbonyl (C=O) groups is 1. The Morgan fingerprint density at radius 2 is 2.05 bits per heavy atom. The molecule has 1 aromatic carbocycles. The Balaban J connectivity index is 0.00000195. The van der Waals surface area contributed by atoms with Gasteiger partial charge in [0.05, 0.1) is 18.8 Å². The summed E-state index contributed by atoms with van der Waals surface area (Å²) in [4.78, 5) is 38.0. The van der Waals surface area contributed by atoms with Gasteiger partial charge in [-0.1, -0.05) is 26.8 Å². The van der Waals surface area contributed by atoms with Gasteiger partial charge in [-0.05, 0) is 50.3 Å². The van der Waals surface area contributed by atoms with E-state index >= 15 is 0 Å². The molecule has 0 aliphatic carbocycles. The van der Waals surface area contributed by atoms with Gasteiger partial charge < -0.3 is 18.5 Å². The van der Waals surface area contributed by atoms with E-state index in [0.717, 1.165) is 15.6 Å². The number of aromatic amines is 1. The maximum absolute atomic E-state index is 12.2. The molecule has 0 saturated carbocycles. The van der Waals surface area contributed by atoms with Gasteiger partial charge in [0, 0.05) is 28.3 Å². The Morgan fingerprint density at radius 3 is 2.76 bits per heavy atom. The second kappa shape index (κ2) is 14.0. The van der Waals surface area contributed by atoms with Crippen LogP contribution >= 0.6 is 19.9 Å². The fraction of sp³-hybridized carbons (Fsp3) is 0.500. The summed E-state index contributed by atoms with van der Waals surface area (Å²) < 4.78 is 26.1. The van der Waals surface area contributed by atoms with E-state index in [9.17, 15) is 14.4 Å². The zero-order valence-electron chi connectivity index (χ0n) is 22.6. The van der Waals surface area contributed by atoms with Gasteiger partial charge in [0.1, 0.15) is 18.5 Å². The number of fused-ring (bicyclic) bond motifs is 1. The molecule has 4 unspecified atom stereocenters. The molecule has 4 rings (SSSR count). The molecule has 10 nitrogen and oxygen atoms in total. The number of esters is 1. The average molecular weight is 566 g/mol. The van der Waals surface area contributed by atoms with E-state index in [1.54, 1.807) is 25.2 Å². The zero-order valence-corrected chi connectivity index (χ0v) is 24.3. The van der Waals surface area contributed by atoms with Crippen molar-refractivity contribution in [1.29, 1.82) is 0 Å². The van der Waals surface area contributed by atoms with Crippen LogP contribution in [0, 0.1) is 12.8 Å². The number of nitrogens with zero attached hydrogens (tertiary/aromatic N) is 1. The smallest absolute Gasteiger partial charge is 0.330 e. The van der Waals surface area contributed by atoms with Crippen LogP contribution < -0.4 is 20.9 Å². The predicted molar refractivity (Wildman–Crippen MR) is 150 cm³/mol. The van der Waals surface area contributed by atoms with Gasteiger partial charge in [-0.2, -0.15) is 0 Å². The van der Waals surface area contributed by atoms with Crippen LogP contribution in [-0.4, -0.2) is 40.9 Å². The summed E-state index contributed by atoms with van der Waals surface area (Å²) >= 11 is 1.64. The van der Waals surface area contributed by atoms with Crippen molar-refractivity contribution in [1.82, 2.24) is 14.6 Å². The number of benzene rings is 1. The molecule has 0 spiro atoms. The van der Waals surface area contributed by atoms with E-state index in [-0.39, 0.29) is 31.3 Å². The highest BCUT2D eigenvalue weighted by Crippen LogP contribution is 2.42. The summed E-state index contributed by atoms with van der Waals surface area (Å²) in [7, 11) is -1.71. The van der Waals surface area contributed by atoms with Crippen LogP contribution in [-0.2, 0) is 18.8 Å². The van der Waals surface area contributed by atoms with Crippen molar-refractivity contribution < 1.29 is 23.3 Å². The van der Waals surface area contributed by atoms with E-state index in [1.807, 2.05) is 45.9 Å². The SMILES string of the molecule is CC.Cc1csc2cccc(OP(NCC(=O)OC(C)C)OCC3CC(C)C(n4ccc(=O)[nH]c4=O)O3)c12. The van der Waals surface area contributed by atoms with Gasteiger partial charge in [-0.15, -0.1) is 11.3 Å². The lowest BCUT2D eigenvalue weighted by Crippen LogP contribution is -2.33. The van der Waals surface area contributed by atoms with Crippen LogP contribution in [0.5, 0.6) is 5.75 Å². The van der Waals surface area contributed by atoms with E-state index in [4.69, 9.17) is 18.5 Å². The summed E-state index contributed by atoms with van der Waals surface area (Å²) in [5.41, 5.74) is 0.125. The van der Waals surface area contributed by atoms with E-state index < -0.39 is 32.0 Å². The van der Waals surface area contributed by atoms with Crippen molar-refractivity contribution in [3.8, 4) is 5.75 Å². The van der Waals surface area contributed by atoms with Crippen LogP contribution in [0.3, 0.4) is 0 Å². The van der Waals surface area contributed by atoms with Crippen molar-refractivity contribution in [3.63, 3.8) is 0 Å². The van der Waals surface area contributed by atoms with Crippen LogP contribution in [0.25, 0.3) is 10.1 Å². The quantitative estimate of drug-likeness (QED) is 0.264. The molecule has 0 radical (unpaired) electrons. The Morgan fingerprint density at radius 1 is 1.29 bits per heavy atom. The average Bonchev–Trinajstić information content (AvgIpc) is 3.44. The number of hydrogen-bond acceptors (Lipinski definition) is 9. The number of aromatic nitrogens is 2. The van der Waals surface area contributed by atoms with E-state index in [0.29, 0.717) is 12.2 Å². The monoisotopic (exact) mass is 565 g/mol. The van der Waals surface area contributed by atoms with Crippen LogP contribution in [0.1, 0.15) is 52.8 Å². The van der Waals surface area contributed by atoms with Crippen molar-refractivity contribution in [2.45, 2.75) is 66.4 Å². The molecular weight excluding hydrogens is 529 g/mol. The number of nitrogens with one attached hydrogen (secondary N) is 2. The highest BCUT2D eigenvalue weighted by Gasteiger charge is 2.35. The summed E-state index contributed by atoms with van der Waals surface area (Å²) in [5.74, 6) is 0.281. The Kier molecular flexibility index (Phi) is 11.1. The minimum absolute atomic E-state index is 0.0190. The van der Waals surface area contributed by atoms with E-state index in [2.05, 4.69) is 15.5 Å². The predicted octanol–water partition coefficient (Wildman–Crippen LogP) is 4.87. The molecule has 1 saturated heterocycles. The van der Waals surface area contributed by atoms with E-state index in [1.165, 1.54) is 16.8 Å². The first-order valence-electron chi connectivity index (χ1n) is 12.7. The third kappa shape index (κ3) is 7.74. The first-order chi connectivity index (χ1) is 18.2. The summed E-state index contributed by atoms with van der Waals surface area (Å²) in [5, 5.41) is 6.12. The van der Waals surface area contributed by atoms with Gasteiger partial charge in [-0.3, -0.25) is 19.1 Å². The molecule has 1 aliphatic rings. The number of hydrogen-bond donors (Lipinski definition) is 2. The maximum Gasteiger partial charge on any atom is 0.330 e. The molecule has 12 heteroatoms. The standard InChI is InChI=1S/C24H30N3O7PS.C2H6/c1-14(2)32-21(29)11-25-35(34-18-6-5-7-19-22(18)16(4)13-36-19)31-12-17-10-15(3)23(33-17)27-9-8-20(28)26-24(27)30;1-2/h5-9,13-15,17,23,25H,10-12H2,1-4H3,(H,26,28,30);1-2H3. The minimum Gasteiger partial charge on any atom is -0.462 e. The third-order valence-corrected chi connectivity index (χ3v) is 7.83. The normalized spacial score (nSPS) is 19.7. The minimum atomic E-state index is -1.71. The lowest BCUT2D eigenvalue weighted by Gasteiger charge is -2.21. The molecule has 2 aromatic heterocycles. The zero-order chi connectivity index (χ0) is 27.8. The molecule has 2 N–H and O–H groups in total. The fourth-order valence-corrected chi connectivity index (χ4v) is 6.11.